The molecule has 2 heterocycles. The highest BCUT2D eigenvalue weighted by Gasteiger charge is 2.18. The molecule has 1 N–H and O–H groups in total. The van der Waals surface area contributed by atoms with Gasteiger partial charge in [-0.3, -0.25) is 0 Å². The number of hydrogen-bond acceptors (Lipinski definition) is 3. The van der Waals surface area contributed by atoms with Crippen LogP contribution in [0.5, 0.6) is 0 Å². The molecule has 1 aromatic heterocycles. The lowest BCUT2D eigenvalue weighted by Crippen LogP contribution is -2.34. The van der Waals surface area contributed by atoms with Gasteiger partial charge in [0, 0.05) is 11.4 Å². The highest BCUT2D eigenvalue weighted by molar-refractivity contribution is 7.99. The molecule has 1 atom stereocenters. The van der Waals surface area contributed by atoms with Crippen LogP contribution >= 0.6 is 11.8 Å². The van der Waals surface area contributed by atoms with Gasteiger partial charge < -0.3 is 9.73 Å². The molecule has 1 saturated heterocycles. The summed E-state index contributed by atoms with van der Waals surface area (Å²) in [7, 11) is 0. The number of hydrogen-bond donors (Lipinski definition) is 1. The lowest BCUT2D eigenvalue weighted by atomic mass is 10.1. The van der Waals surface area contributed by atoms with Crippen LogP contribution in [-0.2, 0) is 0 Å². The standard InChI is InChI=1S/C15H19NOS/c1-11(16-13-6-8-18-9-7-13)15-10-12-4-2-3-5-14(12)17-15/h2-5,10-11,13,16H,6-9H2,1H3. The summed E-state index contributed by atoms with van der Waals surface area (Å²) >= 11 is 2.06. The first-order valence-electron chi connectivity index (χ1n) is 6.65. The van der Waals surface area contributed by atoms with E-state index in [1.54, 1.807) is 0 Å². The SMILES string of the molecule is CC(NC1CCSCC1)c1cc2ccccc2o1. The van der Waals surface area contributed by atoms with Gasteiger partial charge in [0.2, 0.25) is 0 Å². The predicted molar refractivity (Wildman–Crippen MR) is 78.1 cm³/mol. The molecule has 2 nitrogen and oxygen atoms in total. The number of nitrogens with one attached hydrogen (secondary N) is 1. The number of furan rings is 1. The van der Waals surface area contributed by atoms with Gasteiger partial charge in [-0.2, -0.15) is 11.8 Å². The first-order chi connectivity index (χ1) is 8.83. The lowest BCUT2D eigenvalue weighted by molar-refractivity contribution is 0.384. The summed E-state index contributed by atoms with van der Waals surface area (Å²) in [5.74, 6) is 3.61. The van der Waals surface area contributed by atoms with Gasteiger partial charge in [-0.25, -0.2) is 0 Å². The maximum absolute atomic E-state index is 5.90. The van der Waals surface area contributed by atoms with E-state index in [0.717, 1.165) is 11.3 Å². The van der Waals surface area contributed by atoms with Crippen molar-refractivity contribution in [2.75, 3.05) is 11.5 Å². The maximum atomic E-state index is 5.90. The molecular formula is C15H19NOS. The zero-order valence-corrected chi connectivity index (χ0v) is 11.5. The van der Waals surface area contributed by atoms with Crippen molar-refractivity contribution in [1.29, 1.82) is 0 Å². The summed E-state index contributed by atoms with van der Waals surface area (Å²) in [6.45, 7) is 2.19. The van der Waals surface area contributed by atoms with Gasteiger partial charge in [0.05, 0.1) is 6.04 Å². The van der Waals surface area contributed by atoms with Crippen molar-refractivity contribution in [1.82, 2.24) is 5.32 Å². The van der Waals surface area contributed by atoms with E-state index in [9.17, 15) is 0 Å². The zero-order chi connectivity index (χ0) is 12.4. The molecule has 0 radical (unpaired) electrons. The van der Waals surface area contributed by atoms with Crippen molar-refractivity contribution in [2.24, 2.45) is 0 Å². The highest BCUT2D eigenvalue weighted by atomic mass is 32.2. The fourth-order valence-electron chi connectivity index (χ4n) is 2.52. The molecule has 0 bridgehead atoms. The van der Waals surface area contributed by atoms with E-state index < -0.39 is 0 Å². The molecule has 2 aromatic rings. The van der Waals surface area contributed by atoms with Gasteiger partial charge in [0.15, 0.2) is 0 Å². The Kier molecular flexibility index (Phi) is 3.62. The van der Waals surface area contributed by atoms with E-state index in [1.165, 1.54) is 29.7 Å². The van der Waals surface area contributed by atoms with Crippen molar-refractivity contribution in [3.8, 4) is 0 Å². The first-order valence-corrected chi connectivity index (χ1v) is 7.80. The molecule has 0 aliphatic carbocycles. The molecule has 1 fully saturated rings. The van der Waals surface area contributed by atoms with Crippen molar-refractivity contribution >= 4 is 22.7 Å². The van der Waals surface area contributed by atoms with Crippen molar-refractivity contribution in [3.63, 3.8) is 0 Å². The summed E-state index contributed by atoms with van der Waals surface area (Å²) in [5.41, 5.74) is 0.986. The Morgan fingerprint density at radius 2 is 2.06 bits per heavy atom. The Morgan fingerprint density at radius 3 is 2.83 bits per heavy atom. The molecule has 3 heteroatoms. The predicted octanol–water partition coefficient (Wildman–Crippen LogP) is 3.98. The number of thioether (sulfide) groups is 1. The fourth-order valence-corrected chi connectivity index (χ4v) is 3.62. The van der Waals surface area contributed by atoms with Crippen molar-refractivity contribution in [2.45, 2.75) is 31.8 Å². The number of para-hydroxylation sites is 1. The van der Waals surface area contributed by atoms with E-state index >= 15 is 0 Å². The Hall–Kier alpha value is -0.930. The molecule has 1 aliphatic rings. The molecule has 0 saturated carbocycles. The van der Waals surface area contributed by atoms with E-state index in [-0.39, 0.29) is 0 Å². The number of fused-ring (bicyclic) bond motifs is 1. The Labute approximate surface area is 112 Å². The van der Waals surface area contributed by atoms with Crippen molar-refractivity contribution < 1.29 is 4.42 Å². The quantitative estimate of drug-likeness (QED) is 0.904. The van der Waals surface area contributed by atoms with Crippen LogP contribution in [0.25, 0.3) is 11.0 Å². The van der Waals surface area contributed by atoms with Gasteiger partial charge in [-0.05, 0) is 43.4 Å². The van der Waals surface area contributed by atoms with Crippen LogP contribution in [0.4, 0.5) is 0 Å². The van der Waals surface area contributed by atoms with Crippen LogP contribution in [0.2, 0.25) is 0 Å². The first kappa shape index (κ1) is 12.1. The van der Waals surface area contributed by atoms with Gasteiger partial charge in [-0.15, -0.1) is 0 Å². The molecule has 3 rings (SSSR count). The molecule has 1 unspecified atom stereocenters. The smallest absolute Gasteiger partial charge is 0.134 e. The van der Waals surface area contributed by atoms with Gasteiger partial charge in [0.25, 0.3) is 0 Å². The molecule has 18 heavy (non-hydrogen) atoms. The van der Waals surface area contributed by atoms with Crippen LogP contribution in [0.1, 0.15) is 31.6 Å². The van der Waals surface area contributed by atoms with E-state index in [4.69, 9.17) is 4.42 Å². The zero-order valence-electron chi connectivity index (χ0n) is 10.7. The summed E-state index contributed by atoms with van der Waals surface area (Å²) in [6.07, 6.45) is 2.55. The Morgan fingerprint density at radius 1 is 1.28 bits per heavy atom. The Bertz CT molecular complexity index is 483. The molecule has 1 aliphatic heterocycles. The number of benzene rings is 1. The molecule has 1 aromatic carbocycles. The second kappa shape index (κ2) is 5.37. The third-order valence-corrected chi connectivity index (χ3v) is 4.63. The monoisotopic (exact) mass is 261 g/mol. The van der Waals surface area contributed by atoms with E-state index in [2.05, 4.69) is 42.2 Å². The number of rotatable bonds is 3. The normalized spacial score (nSPS) is 19.2. The Balaban J connectivity index is 1.72. The summed E-state index contributed by atoms with van der Waals surface area (Å²) < 4.78 is 5.90. The minimum absolute atomic E-state index is 0.297. The lowest BCUT2D eigenvalue weighted by Gasteiger charge is -2.25. The minimum atomic E-state index is 0.297. The van der Waals surface area contributed by atoms with Crippen LogP contribution in [0.3, 0.4) is 0 Å². The second-order valence-electron chi connectivity index (χ2n) is 4.96. The van der Waals surface area contributed by atoms with Crippen LogP contribution in [-0.4, -0.2) is 17.5 Å². The molecule has 0 amide bonds. The third-order valence-electron chi connectivity index (χ3n) is 3.58. The van der Waals surface area contributed by atoms with Crippen molar-refractivity contribution in [3.05, 3.63) is 36.1 Å². The van der Waals surface area contributed by atoms with E-state index in [0.29, 0.717) is 12.1 Å². The van der Waals surface area contributed by atoms with Crippen LogP contribution in [0.15, 0.2) is 34.7 Å². The summed E-state index contributed by atoms with van der Waals surface area (Å²) in [4.78, 5) is 0. The molecular weight excluding hydrogens is 242 g/mol. The summed E-state index contributed by atoms with van der Waals surface area (Å²) in [6, 6.07) is 11.3. The van der Waals surface area contributed by atoms with Gasteiger partial charge >= 0.3 is 0 Å². The summed E-state index contributed by atoms with van der Waals surface area (Å²) in [5, 5.41) is 4.88. The minimum Gasteiger partial charge on any atom is -0.459 e. The van der Waals surface area contributed by atoms with Crippen LogP contribution < -0.4 is 5.32 Å². The van der Waals surface area contributed by atoms with Gasteiger partial charge in [0.1, 0.15) is 11.3 Å². The maximum Gasteiger partial charge on any atom is 0.134 e. The van der Waals surface area contributed by atoms with E-state index in [1.807, 2.05) is 12.1 Å². The molecule has 96 valence electrons. The largest absolute Gasteiger partial charge is 0.459 e. The highest BCUT2D eigenvalue weighted by Crippen LogP contribution is 2.25. The topological polar surface area (TPSA) is 25.2 Å². The average molecular weight is 261 g/mol. The average Bonchev–Trinajstić information content (AvgIpc) is 2.84. The molecule has 0 spiro atoms. The van der Waals surface area contributed by atoms with Gasteiger partial charge in [-0.1, -0.05) is 18.2 Å². The third kappa shape index (κ3) is 2.57. The fraction of sp³-hybridized carbons (Fsp3) is 0.467. The second-order valence-corrected chi connectivity index (χ2v) is 6.19. The van der Waals surface area contributed by atoms with Crippen LogP contribution in [0, 0.1) is 0 Å².